The van der Waals surface area contributed by atoms with Crippen molar-refractivity contribution < 1.29 is 9.90 Å². The normalized spacial score (nSPS) is 55.2. The average Bonchev–Trinajstić information content (AvgIpc) is 3.30. The minimum Gasteiger partial charge on any atom is -0.389 e. The molecule has 5 rings (SSSR count). The Morgan fingerprint density at radius 3 is 2.57 bits per heavy atom. The monoisotopic (exact) mass is 385 g/mol. The lowest BCUT2D eigenvalue weighted by molar-refractivity contribution is -0.209. The number of nitrogens with zero attached hydrogens (tertiary/aromatic N) is 1. The van der Waals surface area contributed by atoms with E-state index in [2.05, 4.69) is 39.4 Å². The zero-order chi connectivity index (χ0) is 20.1. The van der Waals surface area contributed by atoms with E-state index >= 15 is 0 Å². The van der Waals surface area contributed by atoms with E-state index in [9.17, 15) is 9.90 Å². The van der Waals surface area contributed by atoms with Crippen LogP contribution in [0, 0.1) is 34.0 Å². The maximum Gasteiger partial charge on any atom is 0.136 e. The Hall–Kier alpha value is -0.670. The molecule has 3 nitrogen and oxygen atoms in total. The molecular weight excluding hydrogens is 346 g/mol. The van der Waals surface area contributed by atoms with Crippen LogP contribution in [0.4, 0.5) is 0 Å². The summed E-state index contributed by atoms with van der Waals surface area (Å²) in [5.74, 6) is 1.67. The lowest BCUT2D eigenvalue weighted by Gasteiger charge is -2.63. The van der Waals surface area contributed by atoms with Gasteiger partial charge in [-0.15, -0.1) is 0 Å². The largest absolute Gasteiger partial charge is 0.389 e. The Labute approximate surface area is 170 Å². The number of fused-ring (bicyclic) bond motifs is 2. The molecule has 3 heteroatoms. The predicted molar refractivity (Wildman–Crippen MR) is 112 cm³/mol. The summed E-state index contributed by atoms with van der Waals surface area (Å²) in [4.78, 5) is 15.3. The first kappa shape index (κ1) is 19.3. The van der Waals surface area contributed by atoms with Gasteiger partial charge in [0.2, 0.25) is 0 Å². The van der Waals surface area contributed by atoms with Gasteiger partial charge in [0.25, 0.3) is 0 Å². The summed E-state index contributed by atoms with van der Waals surface area (Å²) >= 11 is 0. The fourth-order valence-corrected chi connectivity index (χ4v) is 9.30. The van der Waals surface area contributed by atoms with Crippen molar-refractivity contribution in [2.75, 3.05) is 14.1 Å². The average molecular weight is 386 g/mol. The number of likely N-dealkylation sites (N-methyl/N-ethyl adjacent to an activating group) is 1. The van der Waals surface area contributed by atoms with Crippen molar-refractivity contribution in [3.8, 4) is 0 Å². The van der Waals surface area contributed by atoms with Crippen LogP contribution in [-0.4, -0.2) is 41.5 Å². The highest BCUT2D eigenvalue weighted by atomic mass is 16.3. The van der Waals surface area contributed by atoms with E-state index in [0.29, 0.717) is 47.3 Å². The molecule has 5 aliphatic carbocycles. The van der Waals surface area contributed by atoms with Gasteiger partial charge in [0.15, 0.2) is 0 Å². The fraction of sp³-hybridized carbons (Fsp3) is 0.880. The van der Waals surface area contributed by atoms with Crippen LogP contribution in [0.2, 0.25) is 0 Å². The lowest BCUT2D eigenvalue weighted by atomic mass is 9.42. The van der Waals surface area contributed by atoms with Gasteiger partial charge in [-0.05, 0) is 94.5 Å². The van der Waals surface area contributed by atoms with E-state index in [1.165, 1.54) is 44.1 Å². The smallest absolute Gasteiger partial charge is 0.136 e. The predicted octanol–water partition coefficient (Wildman–Crippen LogP) is 4.59. The number of rotatable bonds is 2. The van der Waals surface area contributed by atoms with Gasteiger partial charge in [-0.1, -0.05) is 26.0 Å². The van der Waals surface area contributed by atoms with Crippen LogP contribution in [0.1, 0.15) is 78.1 Å². The molecule has 8 atom stereocenters. The molecule has 0 unspecified atom stereocenters. The topological polar surface area (TPSA) is 40.5 Å². The van der Waals surface area contributed by atoms with Crippen molar-refractivity contribution in [2.24, 2.45) is 34.0 Å². The number of Topliss-reactive ketones (excluding diaryl/α,β-unsaturated/α-hetero) is 1. The molecule has 0 heterocycles. The molecule has 2 spiro atoms. The molecule has 0 bridgehead atoms. The summed E-state index contributed by atoms with van der Waals surface area (Å²) in [6.07, 6.45) is 10.5. The zero-order valence-electron chi connectivity index (χ0n) is 18.4. The lowest BCUT2D eigenvalue weighted by Crippen LogP contribution is -2.64. The van der Waals surface area contributed by atoms with Crippen molar-refractivity contribution >= 4 is 5.78 Å². The zero-order valence-corrected chi connectivity index (χ0v) is 18.4. The first-order valence-electron chi connectivity index (χ1n) is 11.7. The van der Waals surface area contributed by atoms with Gasteiger partial charge in [-0.3, -0.25) is 4.79 Å². The Bertz CT molecular complexity index is 730. The van der Waals surface area contributed by atoms with Crippen molar-refractivity contribution in [1.82, 2.24) is 4.90 Å². The molecule has 0 aromatic heterocycles. The van der Waals surface area contributed by atoms with Crippen LogP contribution >= 0.6 is 0 Å². The molecule has 1 N–H and O–H groups in total. The summed E-state index contributed by atoms with van der Waals surface area (Å²) < 4.78 is 0. The van der Waals surface area contributed by atoms with E-state index in [-0.39, 0.29) is 11.3 Å². The summed E-state index contributed by atoms with van der Waals surface area (Å²) in [5.41, 5.74) is 1.42. The fourth-order valence-electron chi connectivity index (χ4n) is 9.30. The van der Waals surface area contributed by atoms with E-state index < -0.39 is 5.60 Å². The molecule has 5 fully saturated rings. The molecule has 28 heavy (non-hydrogen) atoms. The van der Waals surface area contributed by atoms with Crippen LogP contribution in [0.25, 0.3) is 0 Å². The van der Waals surface area contributed by atoms with Crippen molar-refractivity contribution in [3.05, 3.63) is 12.2 Å². The highest BCUT2D eigenvalue weighted by Gasteiger charge is 2.80. The summed E-state index contributed by atoms with van der Waals surface area (Å²) in [5, 5.41) is 11.8. The molecular formula is C25H39NO2. The molecule has 0 aromatic carbocycles. The van der Waals surface area contributed by atoms with E-state index in [4.69, 9.17) is 0 Å². The molecule has 0 saturated heterocycles. The van der Waals surface area contributed by atoms with Crippen molar-refractivity contribution in [1.29, 1.82) is 0 Å². The second-order valence-corrected chi connectivity index (χ2v) is 11.7. The Morgan fingerprint density at radius 1 is 1.14 bits per heavy atom. The number of aliphatic hydroxyl groups is 1. The van der Waals surface area contributed by atoms with Gasteiger partial charge < -0.3 is 10.0 Å². The molecule has 5 saturated carbocycles. The third kappa shape index (κ3) is 2.06. The number of hydrogen-bond acceptors (Lipinski definition) is 3. The highest BCUT2D eigenvalue weighted by Crippen LogP contribution is 2.86. The quantitative estimate of drug-likeness (QED) is 0.707. The number of hydrogen-bond donors (Lipinski definition) is 1. The second kappa shape index (κ2) is 5.72. The van der Waals surface area contributed by atoms with E-state index in [1.54, 1.807) is 0 Å². The Kier molecular flexibility index (Phi) is 3.95. The molecule has 0 aromatic rings. The number of carbonyl (C=O) groups excluding carboxylic acids is 1. The minimum atomic E-state index is -0.633. The van der Waals surface area contributed by atoms with Crippen LogP contribution in [0.3, 0.4) is 0 Å². The summed E-state index contributed by atoms with van der Waals surface area (Å²) in [7, 11) is 4.39. The summed E-state index contributed by atoms with van der Waals surface area (Å²) in [6, 6.07) is 0.530. The second-order valence-electron chi connectivity index (χ2n) is 11.7. The van der Waals surface area contributed by atoms with Gasteiger partial charge in [-0.25, -0.2) is 0 Å². The highest BCUT2D eigenvalue weighted by molar-refractivity contribution is 5.83. The first-order chi connectivity index (χ1) is 13.1. The Morgan fingerprint density at radius 2 is 1.89 bits per heavy atom. The van der Waals surface area contributed by atoms with Crippen LogP contribution in [-0.2, 0) is 4.79 Å². The number of carbonyl (C=O) groups is 1. The van der Waals surface area contributed by atoms with E-state index in [1.807, 2.05) is 0 Å². The maximum absolute atomic E-state index is 12.9. The van der Waals surface area contributed by atoms with Gasteiger partial charge in [0.05, 0.1) is 5.60 Å². The van der Waals surface area contributed by atoms with E-state index in [0.717, 1.165) is 12.8 Å². The van der Waals surface area contributed by atoms with Gasteiger partial charge >= 0.3 is 0 Å². The minimum absolute atomic E-state index is 0.0759. The molecule has 0 amide bonds. The first-order valence-corrected chi connectivity index (χ1v) is 11.7. The Balaban J connectivity index is 1.49. The third-order valence-corrected chi connectivity index (χ3v) is 10.8. The van der Waals surface area contributed by atoms with Crippen LogP contribution < -0.4 is 0 Å². The van der Waals surface area contributed by atoms with Gasteiger partial charge in [-0.2, -0.15) is 0 Å². The molecule has 156 valence electrons. The van der Waals surface area contributed by atoms with Crippen molar-refractivity contribution in [2.45, 2.75) is 89.7 Å². The molecule has 0 aliphatic heterocycles. The molecule has 0 radical (unpaired) electrons. The van der Waals surface area contributed by atoms with Gasteiger partial charge in [0.1, 0.15) is 5.78 Å². The standard InChI is InChI=1S/C25H39NO2/c1-6-17-13-25(28)12-11-24-15-23(24)10-9-19(26(4)5)16(2)18(23)7-8-21(24)22(25,3)14-20(17)27/h17-19,21,28H,2,6-15H2,1,3-5H3/t17-,18-,19-,21-,22-,23-,24-,25-/m0/s1. The van der Waals surface area contributed by atoms with Crippen LogP contribution in [0.15, 0.2) is 12.2 Å². The van der Waals surface area contributed by atoms with Gasteiger partial charge in [0, 0.05) is 23.8 Å². The van der Waals surface area contributed by atoms with Crippen LogP contribution in [0.5, 0.6) is 0 Å². The maximum atomic E-state index is 12.9. The van der Waals surface area contributed by atoms with Crippen molar-refractivity contribution in [3.63, 3.8) is 0 Å². The SMILES string of the molecule is C=C1[C@@H](N(C)C)CC[C@@]23C[C@]24CC[C@]2(O)C[C@H](CC)C(=O)C[C@@]2(C)[C@@H]4CC[C@@H]13. The number of ketones is 1. The third-order valence-electron chi connectivity index (χ3n) is 10.8. The summed E-state index contributed by atoms with van der Waals surface area (Å²) in [6.45, 7) is 9.00. The molecule has 5 aliphatic rings.